The second kappa shape index (κ2) is 4.36. The van der Waals surface area contributed by atoms with E-state index in [0.717, 1.165) is 6.42 Å². The van der Waals surface area contributed by atoms with Crippen molar-refractivity contribution >= 4 is 5.97 Å². The Bertz CT molecular complexity index is 86.9. The van der Waals surface area contributed by atoms with Gasteiger partial charge in [0.05, 0.1) is 6.10 Å². The molecule has 0 unspecified atom stereocenters. The van der Waals surface area contributed by atoms with Crippen LogP contribution in [0.3, 0.4) is 0 Å². The molecule has 0 spiro atoms. The third-order valence-electron chi connectivity index (χ3n) is 0.787. The topological polar surface area (TPSA) is 26.3 Å². The van der Waals surface area contributed by atoms with E-state index in [-0.39, 0.29) is 12.1 Å². The fourth-order valence-electron chi connectivity index (χ4n) is 0.487. The summed E-state index contributed by atoms with van der Waals surface area (Å²) in [6.07, 6.45) is 1.12. The molecule has 0 aromatic carbocycles. The Hall–Kier alpha value is -0.530. The Morgan fingerprint density at radius 2 is 2.33 bits per heavy atom. The average Bonchev–Trinajstić information content (AvgIpc) is 1.63. The highest BCUT2D eigenvalue weighted by Gasteiger charge is 2.01. The molecule has 2 nitrogen and oxygen atoms in total. The highest BCUT2D eigenvalue weighted by Crippen LogP contribution is 1.94. The van der Waals surface area contributed by atoms with Gasteiger partial charge in [-0.2, -0.15) is 0 Å². The van der Waals surface area contributed by atoms with Gasteiger partial charge in [-0.1, -0.05) is 6.92 Å². The van der Waals surface area contributed by atoms with Gasteiger partial charge in [-0.25, -0.2) is 0 Å². The van der Waals surface area contributed by atoms with E-state index in [9.17, 15) is 4.79 Å². The lowest BCUT2D eigenvalue weighted by molar-refractivity contribution is -0.146. The monoisotopic (exact) mass is 129 g/mol. The van der Waals surface area contributed by atoms with Crippen molar-refractivity contribution in [2.45, 2.75) is 32.8 Å². The molecule has 0 fully saturated rings. The van der Waals surface area contributed by atoms with Gasteiger partial charge in [-0.05, 0) is 20.3 Å². The van der Waals surface area contributed by atoms with E-state index >= 15 is 0 Å². The molecule has 0 bridgehead atoms. The SMILES string of the molecule is [CH2][C@@H](C)OC(=O)CCC. The number of carbonyl (C=O) groups is 1. The van der Waals surface area contributed by atoms with Crippen LogP contribution in [-0.2, 0) is 9.53 Å². The van der Waals surface area contributed by atoms with Crippen molar-refractivity contribution in [1.82, 2.24) is 0 Å². The third-order valence-corrected chi connectivity index (χ3v) is 0.787. The first kappa shape index (κ1) is 8.47. The lowest BCUT2D eigenvalue weighted by Crippen LogP contribution is -2.10. The molecule has 1 radical (unpaired) electrons. The summed E-state index contributed by atoms with van der Waals surface area (Å²) >= 11 is 0. The minimum atomic E-state index is -0.218. The molecule has 2 heteroatoms. The lowest BCUT2D eigenvalue weighted by Gasteiger charge is -2.05. The summed E-state index contributed by atoms with van der Waals surface area (Å²) in [5.74, 6) is -0.153. The fraction of sp³-hybridized carbons (Fsp3) is 0.714. The number of esters is 1. The molecule has 0 aliphatic rings. The maximum Gasteiger partial charge on any atom is 0.306 e. The van der Waals surface area contributed by atoms with Crippen LogP contribution in [0.2, 0.25) is 0 Å². The number of rotatable bonds is 3. The molecule has 0 N–H and O–H groups in total. The molecule has 0 amide bonds. The maximum absolute atomic E-state index is 10.6. The van der Waals surface area contributed by atoms with Crippen LogP contribution in [0.15, 0.2) is 0 Å². The summed E-state index contributed by atoms with van der Waals surface area (Å²) in [5.41, 5.74) is 0. The van der Waals surface area contributed by atoms with E-state index in [1.54, 1.807) is 6.92 Å². The van der Waals surface area contributed by atoms with Crippen LogP contribution < -0.4 is 0 Å². The third kappa shape index (κ3) is 5.34. The maximum atomic E-state index is 10.6. The van der Waals surface area contributed by atoms with Crippen LogP contribution in [0, 0.1) is 6.92 Å². The Labute approximate surface area is 56.2 Å². The van der Waals surface area contributed by atoms with Crippen LogP contribution in [-0.4, -0.2) is 12.1 Å². The second-order valence-corrected chi connectivity index (χ2v) is 2.05. The van der Waals surface area contributed by atoms with Crippen molar-refractivity contribution in [2.75, 3.05) is 0 Å². The smallest absolute Gasteiger partial charge is 0.306 e. The van der Waals surface area contributed by atoms with Gasteiger partial charge in [0.2, 0.25) is 0 Å². The van der Waals surface area contributed by atoms with E-state index in [1.807, 2.05) is 6.92 Å². The normalized spacial score (nSPS) is 9.78. The van der Waals surface area contributed by atoms with Gasteiger partial charge in [-0.15, -0.1) is 0 Å². The van der Waals surface area contributed by atoms with Crippen molar-refractivity contribution in [3.8, 4) is 0 Å². The molecule has 0 saturated carbocycles. The van der Waals surface area contributed by atoms with Crippen LogP contribution in [0.25, 0.3) is 0 Å². The van der Waals surface area contributed by atoms with Crippen molar-refractivity contribution in [1.29, 1.82) is 0 Å². The van der Waals surface area contributed by atoms with E-state index in [2.05, 4.69) is 6.92 Å². The summed E-state index contributed by atoms with van der Waals surface area (Å²) < 4.78 is 4.74. The number of hydrogen-bond donors (Lipinski definition) is 0. The van der Waals surface area contributed by atoms with E-state index in [0.29, 0.717) is 6.42 Å². The minimum absolute atomic E-state index is 0.153. The van der Waals surface area contributed by atoms with Crippen LogP contribution in [0.4, 0.5) is 0 Å². The molecule has 53 valence electrons. The predicted octanol–water partition coefficient (Wildman–Crippen LogP) is 1.55. The van der Waals surface area contributed by atoms with Gasteiger partial charge in [0.1, 0.15) is 0 Å². The van der Waals surface area contributed by atoms with Crippen LogP contribution in [0.5, 0.6) is 0 Å². The summed E-state index contributed by atoms with van der Waals surface area (Å²) in [6.45, 7) is 7.20. The zero-order chi connectivity index (χ0) is 7.28. The quantitative estimate of drug-likeness (QED) is 0.540. The Morgan fingerprint density at radius 3 is 2.67 bits per heavy atom. The largest absolute Gasteiger partial charge is 0.463 e. The van der Waals surface area contributed by atoms with Gasteiger partial charge in [0.25, 0.3) is 0 Å². The number of carbonyl (C=O) groups excluding carboxylic acids is 1. The summed E-state index contributed by atoms with van der Waals surface area (Å²) in [5, 5.41) is 0. The Balaban J connectivity index is 3.27. The molecule has 0 aliphatic heterocycles. The van der Waals surface area contributed by atoms with Gasteiger partial charge in [0.15, 0.2) is 0 Å². The van der Waals surface area contributed by atoms with Crippen LogP contribution >= 0.6 is 0 Å². The zero-order valence-electron chi connectivity index (χ0n) is 6.02. The van der Waals surface area contributed by atoms with Crippen molar-refractivity contribution in [2.24, 2.45) is 0 Å². The molecule has 0 aromatic heterocycles. The first-order valence-corrected chi connectivity index (χ1v) is 3.19. The number of hydrogen-bond acceptors (Lipinski definition) is 2. The van der Waals surface area contributed by atoms with E-state index < -0.39 is 0 Å². The van der Waals surface area contributed by atoms with Gasteiger partial charge in [-0.3, -0.25) is 4.79 Å². The molecule has 1 atom stereocenters. The fourth-order valence-corrected chi connectivity index (χ4v) is 0.487. The predicted molar refractivity (Wildman–Crippen MR) is 35.8 cm³/mol. The summed E-state index contributed by atoms with van der Waals surface area (Å²) in [4.78, 5) is 10.6. The van der Waals surface area contributed by atoms with Crippen molar-refractivity contribution in [3.05, 3.63) is 6.92 Å². The molecule has 0 heterocycles. The van der Waals surface area contributed by atoms with Gasteiger partial charge < -0.3 is 4.74 Å². The molecule has 0 aliphatic carbocycles. The molecular formula is C7H13O2. The minimum Gasteiger partial charge on any atom is -0.463 e. The summed E-state index contributed by atoms with van der Waals surface area (Å²) in [6, 6.07) is 0. The van der Waals surface area contributed by atoms with Gasteiger partial charge in [0, 0.05) is 6.42 Å². The van der Waals surface area contributed by atoms with Crippen LogP contribution in [0.1, 0.15) is 26.7 Å². The molecule has 0 saturated heterocycles. The lowest BCUT2D eigenvalue weighted by atomic mass is 10.3. The highest BCUT2D eigenvalue weighted by molar-refractivity contribution is 5.69. The van der Waals surface area contributed by atoms with E-state index in [4.69, 9.17) is 4.74 Å². The zero-order valence-corrected chi connectivity index (χ0v) is 6.02. The Morgan fingerprint density at radius 1 is 1.78 bits per heavy atom. The Kier molecular flexibility index (Phi) is 4.10. The molecular weight excluding hydrogens is 116 g/mol. The molecule has 9 heavy (non-hydrogen) atoms. The first-order chi connectivity index (χ1) is 4.16. The van der Waals surface area contributed by atoms with Crippen molar-refractivity contribution in [3.63, 3.8) is 0 Å². The van der Waals surface area contributed by atoms with Crippen molar-refractivity contribution < 1.29 is 9.53 Å². The van der Waals surface area contributed by atoms with E-state index in [1.165, 1.54) is 0 Å². The molecule has 0 rings (SSSR count). The molecule has 0 aromatic rings. The summed E-state index contributed by atoms with van der Waals surface area (Å²) in [7, 11) is 0. The number of ether oxygens (including phenoxy) is 1. The van der Waals surface area contributed by atoms with Gasteiger partial charge >= 0.3 is 5.97 Å². The average molecular weight is 129 g/mol. The second-order valence-electron chi connectivity index (χ2n) is 2.05. The highest BCUT2D eigenvalue weighted by atomic mass is 16.5. The first-order valence-electron chi connectivity index (χ1n) is 3.19. The standard InChI is InChI=1S/C7H13O2/c1-4-5-7(8)9-6(2)3/h6H,2,4-5H2,1,3H3/t6-/m0/s1.